The smallest absolute Gasteiger partial charge is 0.372 e. The average molecular weight is 253 g/mol. The molecule has 90 valence electrons. The third-order valence-electron chi connectivity index (χ3n) is 2.45. The first-order valence-electron chi connectivity index (χ1n) is 4.96. The van der Waals surface area contributed by atoms with Gasteiger partial charge in [0.15, 0.2) is 0 Å². The molecule has 0 unspecified atom stereocenters. The number of nitrogens with zero attached hydrogens (tertiary/aromatic N) is 1. The second-order valence-electron chi connectivity index (χ2n) is 3.76. The third kappa shape index (κ3) is 2.16. The average Bonchev–Trinajstić information content (AvgIpc) is 2.76. The molecule has 5 nitrogen and oxygen atoms in total. The quantitative estimate of drug-likeness (QED) is 0.906. The van der Waals surface area contributed by atoms with Crippen molar-refractivity contribution in [3.63, 3.8) is 0 Å². The fourth-order valence-electron chi connectivity index (χ4n) is 1.59. The number of hydrogen-bond donors (Lipinski definition) is 1. The maximum Gasteiger partial charge on any atom is 0.372 e. The molecule has 2 aromatic heterocycles. The number of furan rings is 1. The largest absolute Gasteiger partial charge is 0.475 e. The van der Waals surface area contributed by atoms with E-state index in [4.69, 9.17) is 9.52 Å². The standard InChI is InChI=1S/C11H11NO4S/c1-6-3-8(16-9(6)10(13)14)4-12-7(2)5-17-11(12)15/h3,5H,4H2,1-2H3,(H,13,14). The zero-order valence-electron chi connectivity index (χ0n) is 9.39. The Hall–Kier alpha value is -1.82. The Labute approximate surface area is 101 Å². The Balaban J connectivity index is 2.34. The van der Waals surface area contributed by atoms with Crippen LogP contribution in [-0.2, 0) is 6.54 Å². The summed E-state index contributed by atoms with van der Waals surface area (Å²) < 4.78 is 6.75. The Morgan fingerprint density at radius 1 is 1.53 bits per heavy atom. The van der Waals surface area contributed by atoms with Crippen LogP contribution >= 0.6 is 11.3 Å². The van der Waals surface area contributed by atoms with E-state index in [9.17, 15) is 9.59 Å². The highest BCUT2D eigenvalue weighted by atomic mass is 32.1. The molecule has 0 aromatic carbocycles. The lowest BCUT2D eigenvalue weighted by Crippen LogP contribution is -2.14. The van der Waals surface area contributed by atoms with Gasteiger partial charge in [-0.25, -0.2) is 4.79 Å². The third-order valence-corrected chi connectivity index (χ3v) is 3.33. The fourth-order valence-corrected chi connectivity index (χ4v) is 2.32. The van der Waals surface area contributed by atoms with Crippen LogP contribution in [0.4, 0.5) is 0 Å². The lowest BCUT2D eigenvalue weighted by molar-refractivity contribution is 0.0659. The second kappa shape index (κ2) is 4.21. The van der Waals surface area contributed by atoms with Crippen molar-refractivity contribution in [1.82, 2.24) is 4.57 Å². The van der Waals surface area contributed by atoms with Crippen LogP contribution in [0.25, 0.3) is 0 Å². The minimum Gasteiger partial charge on any atom is -0.475 e. The number of aromatic nitrogens is 1. The van der Waals surface area contributed by atoms with E-state index in [1.807, 2.05) is 6.92 Å². The van der Waals surface area contributed by atoms with Crippen LogP contribution in [-0.4, -0.2) is 15.6 Å². The van der Waals surface area contributed by atoms with E-state index in [0.29, 0.717) is 11.3 Å². The van der Waals surface area contributed by atoms with Crippen molar-refractivity contribution in [2.45, 2.75) is 20.4 Å². The molecule has 0 aliphatic carbocycles. The van der Waals surface area contributed by atoms with Crippen molar-refractivity contribution in [2.24, 2.45) is 0 Å². The Morgan fingerprint density at radius 2 is 2.24 bits per heavy atom. The van der Waals surface area contributed by atoms with Crippen LogP contribution in [0.5, 0.6) is 0 Å². The van der Waals surface area contributed by atoms with E-state index >= 15 is 0 Å². The molecule has 0 radical (unpaired) electrons. The molecule has 2 aromatic rings. The molecule has 0 aliphatic heterocycles. The van der Waals surface area contributed by atoms with Gasteiger partial charge in [0.1, 0.15) is 5.76 Å². The van der Waals surface area contributed by atoms with Crippen molar-refractivity contribution in [3.8, 4) is 0 Å². The minimum atomic E-state index is -1.09. The molecule has 0 amide bonds. The number of carboxylic acid groups (broad SMARTS) is 1. The van der Waals surface area contributed by atoms with Gasteiger partial charge in [0.05, 0.1) is 6.54 Å². The summed E-state index contributed by atoms with van der Waals surface area (Å²) in [5, 5.41) is 10.6. The molecule has 6 heteroatoms. The molecule has 2 heterocycles. The van der Waals surface area contributed by atoms with Gasteiger partial charge in [0, 0.05) is 16.6 Å². The van der Waals surface area contributed by atoms with Gasteiger partial charge < -0.3 is 9.52 Å². The Kier molecular flexibility index (Phi) is 2.89. The van der Waals surface area contributed by atoms with E-state index in [1.54, 1.807) is 22.9 Å². The van der Waals surface area contributed by atoms with Crippen molar-refractivity contribution in [3.05, 3.63) is 43.9 Å². The maximum atomic E-state index is 11.5. The zero-order chi connectivity index (χ0) is 12.6. The van der Waals surface area contributed by atoms with Gasteiger partial charge in [-0.2, -0.15) is 0 Å². The summed E-state index contributed by atoms with van der Waals surface area (Å²) in [7, 11) is 0. The number of rotatable bonds is 3. The molecule has 0 saturated heterocycles. The van der Waals surface area contributed by atoms with Crippen LogP contribution in [0.2, 0.25) is 0 Å². The van der Waals surface area contributed by atoms with E-state index in [2.05, 4.69) is 0 Å². The predicted molar refractivity (Wildman–Crippen MR) is 62.8 cm³/mol. The summed E-state index contributed by atoms with van der Waals surface area (Å²) in [5.41, 5.74) is 1.40. The number of aryl methyl sites for hydroxylation is 2. The van der Waals surface area contributed by atoms with E-state index < -0.39 is 5.97 Å². The highest BCUT2D eigenvalue weighted by molar-refractivity contribution is 7.07. The maximum absolute atomic E-state index is 11.5. The van der Waals surface area contributed by atoms with Crippen molar-refractivity contribution < 1.29 is 14.3 Å². The summed E-state index contributed by atoms with van der Waals surface area (Å²) in [6.45, 7) is 3.76. The van der Waals surface area contributed by atoms with Gasteiger partial charge in [0.25, 0.3) is 0 Å². The molecular weight excluding hydrogens is 242 g/mol. The Morgan fingerprint density at radius 3 is 2.71 bits per heavy atom. The number of carboxylic acids is 1. The summed E-state index contributed by atoms with van der Waals surface area (Å²) in [5.74, 6) is -0.687. The van der Waals surface area contributed by atoms with Crippen LogP contribution in [0.1, 0.15) is 27.6 Å². The number of carbonyl (C=O) groups is 1. The molecule has 0 spiro atoms. The molecule has 1 N–H and O–H groups in total. The number of hydrogen-bond acceptors (Lipinski definition) is 4. The lowest BCUT2D eigenvalue weighted by atomic mass is 10.2. The molecule has 0 aliphatic rings. The summed E-state index contributed by atoms with van der Waals surface area (Å²) in [4.78, 5) is 22.2. The second-order valence-corrected chi connectivity index (χ2v) is 4.58. The van der Waals surface area contributed by atoms with Gasteiger partial charge >= 0.3 is 10.8 Å². The van der Waals surface area contributed by atoms with Gasteiger partial charge in [-0.3, -0.25) is 9.36 Å². The first-order chi connectivity index (χ1) is 7.99. The van der Waals surface area contributed by atoms with Gasteiger partial charge in [-0.1, -0.05) is 11.3 Å². The Bertz CT molecular complexity index is 620. The SMILES string of the molecule is Cc1cc(Cn2c(C)csc2=O)oc1C(=O)O. The van der Waals surface area contributed by atoms with Gasteiger partial charge in [-0.15, -0.1) is 0 Å². The monoisotopic (exact) mass is 253 g/mol. The first kappa shape index (κ1) is 11.7. The highest BCUT2D eigenvalue weighted by Gasteiger charge is 2.15. The molecule has 0 atom stereocenters. The molecule has 17 heavy (non-hydrogen) atoms. The lowest BCUT2D eigenvalue weighted by Gasteiger charge is -2.00. The van der Waals surface area contributed by atoms with E-state index in [0.717, 1.165) is 17.0 Å². The van der Waals surface area contributed by atoms with Crippen molar-refractivity contribution in [2.75, 3.05) is 0 Å². The van der Waals surface area contributed by atoms with Crippen LogP contribution in [0, 0.1) is 13.8 Å². The molecule has 0 fully saturated rings. The molecule has 2 rings (SSSR count). The number of thiazole rings is 1. The fraction of sp³-hybridized carbons (Fsp3) is 0.273. The number of aromatic carboxylic acids is 1. The van der Waals surface area contributed by atoms with Gasteiger partial charge in [-0.05, 0) is 19.9 Å². The van der Waals surface area contributed by atoms with Crippen LogP contribution < -0.4 is 4.87 Å². The van der Waals surface area contributed by atoms with Gasteiger partial charge in [0.2, 0.25) is 5.76 Å². The van der Waals surface area contributed by atoms with Crippen molar-refractivity contribution >= 4 is 17.3 Å². The predicted octanol–water partition coefficient (Wildman–Crippen LogP) is 1.87. The van der Waals surface area contributed by atoms with E-state index in [1.165, 1.54) is 0 Å². The molecule has 0 saturated carbocycles. The van der Waals surface area contributed by atoms with E-state index in [-0.39, 0.29) is 17.2 Å². The summed E-state index contributed by atoms with van der Waals surface area (Å²) in [6.07, 6.45) is 0. The van der Waals surface area contributed by atoms with Crippen LogP contribution in [0.15, 0.2) is 20.7 Å². The minimum absolute atomic E-state index is 0.0686. The van der Waals surface area contributed by atoms with Crippen LogP contribution in [0.3, 0.4) is 0 Å². The summed E-state index contributed by atoms with van der Waals surface area (Å²) >= 11 is 1.12. The normalized spacial score (nSPS) is 10.7. The molecule has 0 bridgehead atoms. The zero-order valence-corrected chi connectivity index (χ0v) is 10.2. The van der Waals surface area contributed by atoms with Crippen molar-refractivity contribution in [1.29, 1.82) is 0 Å². The first-order valence-corrected chi connectivity index (χ1v) is 5.84. The molecular formula is C11H11NO4S. The summed E-state index contributed by atoms with van der Waals surface area (Å²) in [6, 6.07) is 1.65. The highest BCUT2D eigenvalue weighted by Crippen LogP contribution is 2.16. The topological polar surface area (TPSA) is 72.4 Å².